The summed E-state index contributed by atoms with van der Waals surface area (Å²) in [5, 5.41) is 13.4. The normalized spacial score (nSPS) is 13.5. The number of nitrogens with zero attached hydrogens (tertiary/aromatic N) is 3. The molecule has 1 aliphatic rings. The molecule has 0 bridgehead atoms. The smallest absolute Gasteiger partial charge is 0.229 e. The van der Waals surface area contributed by atoms with Crippen molar-refractivity contribution >= 4 is 34.2 Å². The molecule has 1 aliphatic heterocycles. The largest absolute Gasteiger partial charge is 0.316 e. The molecule has 1 amide bonds. The Morgan fingerprint density at radius 3 is 2.73 bits per heavy atom. The van der Waals surface area contributed by atoms with Crippen LogP contribution in [0.2, 0.25) is 0 Å². The number of hydrogen-bond acceptors (Lipinski definition) is 6. The summed E-state index contributed by atoms with van der Waals surface area (Å²) >= 11 is 3.12. The number of benzene rings is 2. The summed E-state index contributed by atoms with van der Waals surface area (Å²) in [4.78, 5) is 17.2. The quantitative estimate of drug-likeness (QED) is 0.479. The highest BCUT2D eigenvalue weighted by molar-refractivity contribution is 7.97. The van der Waals surface area contributed by atoms with Gasteiger partial charge in [-0.05, 0) is 67.9 Å². The number of anilines is 1. The second-order valence-electron chi connectivity index (χ2n) is 8.18. The monoisotopic (exact) mass is 480 g/mol. The lowest BCUT2D eigenvalue weighted by atomic mass is 10.0. The molecule has 0 spiro atoms. The van der Waals surface area contributed by atoms with Crippen LogP contribution >= 0.6 is 23.3 Å². The Bertz CT molecular complexity index is 1180. The third-order valence-electron chi connectivity index (χ3n) is 5.36. The van der Waals surface area contributed by atoms with Crippen molar-refractivity contribution in [3.63, 3.8) is 0 Å². The van der Waals surface area contributed by atoms with Gasteiger partial charge in [0.05, 0.1) is 12.0 Å². The third-order valence-corrected chi connectivity index (χ3v) is 7.42. The Morgan fingerprint density at radius 1 is 1.24 bits per heavy atom. The molecular weight excluding hydrogens is 455 g/mol. The molecule has 4 rings (SSSR count). The summed E-state index contributed by atoms with van der Waals surface area (Å²) in [7, 11) is 3.97. The van der Waals surface area contributed by atoms with Gasteiger partial charge < -0.3 is 5.32 Å². The van der Waals surface area contributed by atoms with Crippen LogP contribution in [-0.4, -0.2) is 35.8 Å². The molecule has 2 heterocycles. The van der Waals surface area contributed by atoms with Crippen LogP contribution in [0, 0.1) is 17.1 Å². The zero-order chi connectivity index (χ0) is 23.4. The van der Waals surface area contributed by atoms with Crippen molar-refractivity contribution in [3.8, 4) is 6.07 Å². The predicted molar refractivity (Wildman–Crippen MR) is 132 cm³/mol. The number of thiophene rings is 1. The Kier molecular flexibility index (Phi) is 7.46. The number of rotatable bonds is 7. The van der Waals surface area contributed by atoms with E-state index in [9.17, 15) is 14.4 Å². The van der Waals surface area contributed by atoms with Crippen LogP contribution in [-0.2, 0) is 30.7 Å². The van der Waals surface area contributed by atoms with Gasteiger partial charge in [-0.2, -0.15) is 5.26 Å². The fourth-order valence-electron chi connectivity index (χ4n) is 3.91. The number of nitriles is 1. The Labute approximate surface area is 202 Å². The van der Waals surface area contributed by atoms with E-state index in [1.54, 1.807) is 24.1 Å². The Balaban J connectivity index is 1.42. The molecule has 1 N–H and O–H groups in total. The maximum Gasteiger partial charge on any atom is 0.229 e. The number of carbonyl (C=O) groups is 1. The zero-order valence-corrected chi connectivity index (χ0v) is 20.2. The summed E-state index contributed by atoms with van der Waals surface area (Å²) in [6.07, 6.45) is 1.07. The topological polar surface area (TPSA) is 59.4 Å². The van der Waals surface area contributed by atoms with E-state index in [0.29, 0.717) is 23.7 Å². The van der Waals surface area contributed by atoms with Crippen molar-refractivity contribution in [2.24, 2.45) is 0 Å². The van der Waals surface area contributed by atoms with E-state index in [1.807, 2.05) is 48.7 Å². The van der Waals surface area contributed by atoms with Crippen LogP contribution in [0.4, 0.5) is 9.39 Å². The highest BCUT2D eigenvalue weighted by atomic mass is 32.2. The fraction of sp³-hybridized carbons (Fsp3) is 0.280. The first-order valence-electron chi connectivity index (χ1n) is 10.7. The van der Waals surface area contributed by atoms with E-state index in [2.05, 4.69) is 16.3 Å². The molecule has 0 aliphatic carbocycles. The van der Waals surface area contributed by atoms with E-state index in [-0.39, 0.29) is 18.1 Å². The highest BCUT2D eigenvalue weighted by Gasteiger charge is 2.25. The molecule has 0 fully saturated rings. The standard InChI is InChI=1S/C25H25FN4OS2/c1-29(2)33-20-8-6-17(7-9-20)13-24(31)28-25-21(14-27)22-16-30(11-10-23(22)32-25)15-18-4-3-5-19(26)12-18/h3-9,12H,10-11,13,15-16H2,1-2H3,(H,28,31). The van der Waals surface area contributed by atoms with Gasteiger partial charge in [-0.15, -0.1) is 11.3 Å². The summed E-state index contributed by atoms with van der Waals surface area (Å²) in [6, 6.07) is 16.8. The average molecular weight is 481 g/mol. The van der Waals surface area contributed by atoms with Crippen LogP contribution in [0.1, 0.15) is 27.1 Å². The SMILES string of the molecule is CN(C)Sc1ccc(CC(=O)Nc2sc3c(c2C#N)CN(Cc2cccc(F)c2)CC3)cc1. The predicted octanol–water partition coefficient (Wildman–Crippen LogP) is 5.07. The number of fused-ring (bicyclic) bond motifs is 1. The lowest BCUT2D eigenvalue weighted by Crippen LogP contribution is -2.29. The maximum absolute atomic E-state index is 13.5. The summed E-state index contributed by atoms with van der Waals surface area (Å²) in [6.45, 7) is 2.08. The average Bonchev–Trinajstić information content (AvgIpc) is 3.10. The number of hydrogen-bond donors (Lipinski definition) is 1. The van der Waals surface area contributed by atoms with Crippen molar-refractivity contribution in [1.29, 1.82) is 5.26 Å². The van der Waals surface area contributed by atoms with Crippen LogP contribution in [0.25, 0.3) is 0 Å². The molecule has 0 saturated heterocycles. The molecule has 33 heavy (non-hydrogen) atoms. The van der Waals surface area contributed by atoms with Gasteiger partial charge >= 0.3 is 0 Å². The van der Waals surface area contributed by atoms with Crippen molar-refractivity contribution < 1.29 is 9.18 Å². The van der Waals surface area contributed by atoms with E-state index >= 15 is 0 Å². The lowest BCUT2D eigenvalue weighted by molar-refractivity contribution is -0.115. The molecule has 0 unspecified atom stereocenters. The minimum absolute atomic E-state index is 0.130. The number of nitrogens with one attached hydrogen (secondary N) is 1. The molecule has 170 valence electrons. The van der Waals surface area contributed by atoms with Gasteiger partial charge in [-0.1, -0.05) is 24.3 Å². The minimum atomic E-state index is -0.241. The summed E-state index contributed by atoms with van der Waals surface area (Å²) in [5.74, 6) is -0.371. The first-order valence-corrected chi connectivity index (χ1v) is 12.3. The second kappa shape index (κ2) is 10.5. The van der Waals surface area contributed by atoms with Gasteiger partial charge in [0.15, 0.2) is 0 Å². The lowest BCUT2D eigenvalue weighted by Gasteiger charge is -2.27. The number of amides is 1. The fourth-order valence-corrected chi connectivity index (χ4v) is 5.76. The van der Waals surface area contributed by atoms with Crippen LogP contribution in [0.15, 0.2) is 53.4 Å². The van der Waals surface area contributed by atoms with E-state index in [0.717, 1.165) is 39.4 Å². The van der Waals surface area contributed by atoms with Gasteiger partial charge in [-0.3, -0.25) is 14.0 Å². The molecule has 0 atom stereocenters. The number of halogens is 1. The first-order chi connectivity index (χ1) is 15.9. The molecule has 5 nitrogen and oxygen atoms in total. The van der Waals surface area contributed by atoms with Gasteiger partial charge in [0, 0.05) is 35.0 Å². The molecule has 2 aromatic carbocycles. The maximum atomic E-state index is 13.5. The molecule has 0 radical (unpaired) electrons. The van der Waals surface area contributed by atoms with Gasteiger partial charge in [0.25, 0.3) is 0 Å². The Hall–Kier alpha value is -2.70. The second-order valence-corrected chi connectivity index (χ2v) is 10.7. The number of carbonyl (C=O) groups excluding carboxylic acids is 1. The van der Waals surface area contributed by atoms with Crippen molar-refractivity contribution in [2.45, 2.75) is 30.8 Å². The third kappa shape index (κ3) is 6.01. The van der Waals surface area contributed by atoms with Crippen LogP contribution in [0.5, 0.6) is 0 Å². The van der Waals surface area contributed by atoms with E-state index < -0.39 is 0 Å². The van der Waals surface area contributed by atoms with E-state index in [1.165, 1.54) is 17.4 Å². The van der Waals surface area contributed by atoms with Crippen molar-refractivity contribution in [1.82, 2.24) is 9.21 Å². The Morgan fingerprint density at radius 2 is 2.03 bits per heavy atom. The summed E-state index contributed by atoms with van der Waals surface area (Å²) < 4.78 is 15.5. The summed E-state index contributed by atoms with van der Waals surface area (Å²) in [5.41, 5.74) is 3.36. The minimum Gasteiger partial charge on any atom is -0.316 e. The van der Waals surface area contributed by atoms with Gasteiger partial charge in [0.2, 0.25) is 5.91 Å². The van der Waals surface area contributed by atoms with Gasteiger partial charge in [-0.25, -0.2) is 4.39 Å². The first kappa shape index (κ1) is 23.5. The molecule has 1 aromatic heterocycles. The van der Waals surface area contributed by atoms with Crippen LogP contribution < -0.4 is 5.32 Å². The molecule has 3 aromatic rings. The van der Waals surface area contributed by atoms with E-state index in [4.69, 9.17) is 0 Å². The molecule has 0 saturated carbocycles. The molecular formula is C25H25FN4OS2. The van der Waals surface area contributed by atoms with Gasteiger partial charge in [0.1, 0.15) is 16.9 Å². The highest BCUT2D eigenvalue weighted by Crippen LogP contribution is 2.37. The van der Waals surface area contributed by atoms with Crippen LogP contribution in [0.3, 0.4) is 0 Å². The van der Waals surface area contributed by atoms with Crippen molar-refractivity contribution in [3.05, 3.63) is 81.5 Å². The zero-order valence-electron chi connectivity index (χ0n) is 18.6. The van der Waals surface area contributed by atoms with Crippen molar-refractivity contribution in [2.75, 3.05) is 26.0 Å². The molecule has 8 heteroatoms.